The van der Waals surface area contributed by atoms with Crippen molar-refractivity contribution < 1.29 is 0 Å². The zero-order chi connectivity index (χ0) is 8.66. The fourth-order valence-corrected chi connectivity index (χ4v) is 3.34. The zero-order valence-electron chi connectivity index (χ0n) is 8.23. The first-order valence-corrected chi connectivity index (χ1v) is 5.49. The Morgan fingerprint density at radius 3 is 2.00 bits per heavy atom. The van der Waals surface area contributed by atoms with Gasteiger partial charge in [-0.1, -0.05) is 13.3 Å². The van der Waals surface area contributed by atoms with E-state index in [-0.39, 0.29) is 0 Å². The van der Waals surface area contributed by atoms with Crippen LogP contribution in [-0.4, -0.2) is 6.54 Å². The fraction of sp³-hybridized carbons (Fsp3) is 1.00. The first-order chi connectivity index (χ1) is 5.79. The van der Waals surface area contributed by atoms with E-state index in [4.69, 9.17) is 5.73 Å². The van der Waals surface area contributed by atoms with Crippen LogP contribution in [0.1, 0.15) is 51.9 Å². The van der Waals surface area contributed by atoms with Crippen molar-refractivity contribution in [1.29, 1.82) is 0 Å². The molecule has 0 heterocycles. The summed E-state index contributed by atoms with van der Waals surface area (Å²) in [5.74, 6) is 0. The first-order valence-electron chi connectivity index (χ1n) is 5.49. The van der Waals surface area contributed by atoms with Gasteiger partial charge in [-0.15, -0.1) is 0 Å². The number of nitrogens with two attached hydrogens (primary N) is 1. The van der Waals surface area contributed by atoms with Gasteiger partial charge in [0, 0.05) is 0 Å². The van der Waals surface area contributed by atoms with Crippen LogP contribution in [0.4, 0.5) is 0 Å². The van der Waals surface area contributed by atoms with Gasteiger partial charge < -0.3 is 5.73 Å². The normalized spacial score (nSPS) is 29.5. The van der Waals surface area contributed by atoms with Crippen LogP contribution in [0.15, 0.2) is 0 Å². The maximum absolute atomic E-state index is 5.68. The molecule has 12 heavy (non-hydrogen) atoms. The zero-order valence-corrected chi connectivity index (χ0v) is 8.23. The van der Waals surface area contributed by atoms with Crippen LogP contribution < -0.4 is 5.73 Å². The lowest BCUT2D eigenvalue weighted by Crippen LogP contribution is -2.39. The molecule has 2 fully saturated rings. The average Bonchev–Trinajstić information content (AvgIpc) is 2.69. The highest BCUT2D eigenvalue weighted by Gasteiger charge is 2.59. The number of rotatable bonds is 4. The molecule has 2 aliphatic rings. The van der Waals surface area contributed by atoms with E-state index in [9.17, 15) is 0 Å². The highest BCUT2D eigenvalue weighted by Crippen LogP contribution is 2.69. The molecule has 0 amide bonds. The first kappa shape index (κ1) is 8.55. The van der Waals surface area contributed by atoms with Crippen LogP contribution in [0.5, 0.6) is 0 Å². The topological polar surface area (TPSA) is 26.0 Å². The van der Waals surface area contributed by atoms with Gasteiger partial charge in [0.1, 0.15) is 0 Å². The highest BCUT2D eigenvalue weighted by atomic mass is 14.7. The molecule has 0 aromatic rings. The van der Waals surface area contributed by atoms with Crippen molar-refractivity contribution in [1.82, 2.24) is 0 Å². The van der Waals surface area contributed by atoms with Crippen molar-refractivity contribution >= 4 is 0 Å². The Bertz CT molecular complexity index is 160. The molecular weight excluding hydrogens is 146 g/mol. The predicted octanol–water partition coefficient (Wildman–Crippen LogP) is 2.70. The molecule has 1 heteroatoms. The monoisotopic (exact) mass is 167 g/mol. The number of hydrogen-bond acceptors (Lipinski definition) is 1. The summed E-state index contributed by atoms with van der Waals surface area (Å²) in [6.07, 6.45) is 10.1. The minimum Gasteiger partial charge on any atom is -0.330 e. The van der Waals surface area contributed by atoms with Gasteiger partial charge in [-0.05, 0) is 55.9 Å². The Balaban J connectivity index is 2.05. The summed E-state index contributed by atoms with van der Waals surface area (Å²) in [4.78, 5) is 0. The lowest BCUT2D eigenvalue weighted by atomic mass is 9.56. The third-order valence-electron chi connectivity index (χ3n) is 4.59. The molecule has 0 aliphatic heterocycles. The smallest absolute Gasteiger partial charge is 0.00718 e. The van der Waals surface area contributed by atoms with Crippen LogP contribution in [0.2, 0.25) is 0 Å². The summed E-state index contributed by atoms with van der Waals surface area (Å²) in [6.45, 7) is 3.28. The summed E-state index contributed by atoms with van der Waals surface area (Å²) in [6, 6.07) is 0. The molecule has 0 aromatic carbocycles. The standard InChI is InChI=1S/C11H21N/c1-2-10(4-3-5-10)11(6-7-11)8-9-12/h2-9,12H2,1H3. The molecule has 0 saturated heterocycles. The molecule has 0 atom stereocenters. The quantitative estimate of drug-likeness (QED) is 0.684. The molecule has 0 aromatic heterocycles. The molecule has 0 unspecified atom stereocenters. The SMILES string of the molecule is CCC1(C2(CCN)CC2)CCC1. The molecule has 2 aliphatic carbocycles. The van der Waals surface area contributed by atoms with Crippen LogP contribution in [-0.2, 0) is 0 Å². The van der Waals surface area contributed by atoms with Gasteiger partial charge in [-0.3, -0.25) is 0 Å². The van der Waals surface area contributed by atoms with Gasteiger partial charge >= 0.3 is 0 Å². The molecule has 1 nitrogen and oxygen atoms in total. The minimum atomic E-state index is 0.717. The second-order valence-corrected chi connectivity index (χ2v) is 4.81. The van der Waals surface area contributed by atoms with E-state index in [0.717, 1.165) is 17.4 Å². The van der Waals surface area contributed by atoms with Gasteiger partial charge in [0.2, 0.25) is 0 Å². The second-order valence-electron chi connectivity index (χ2n) is 4.81. The summed E-state index contributed by atoms with van der Waals surface area (Å²) >= 11 is 0. The third-order valence-corrected chi connectivity index (χ3v) is 4.59. The van der Waals surface area contributed by atoms with Crippen molar-refractivity contribution in [3.8, 4) is 0 Å². The molecule has 70 valence electrons. The summed E-state index contributed by atoms with van der Waals surface area (Å²) in [5, 5.41) is 0. The minimum absolute atomic E-state index is 0.717. The highest BCUT2D eigenvalue weighted by molar-refractivity contribution is 5.09. The Morgan fingerprint density at radius 1 is 1.08 bits per heavy atom. The van der Waals surface area contributed by atoms with Gasteiger partial charge in [0.05, 0.1) is 0 Å². The average molecular weight is 167 g/mol. The van der Waals surface area contributed by atoms with Crippen molar-refractivity contribution in [2.45, 2.75) is 51.9 Å². The predicted molar refractivity (Wildman–Crippen MR) is 51.9 cm³/mol. The Morgan fingerprint density at radius 2 is 1.75 bits per heavy atom. The Labute approximate surface area is 75.7 Å². The molecule has 2 N–H and O–H groups in total. The van der Waals surface area contributed by atoms with Crippen molar-refractivity contribution in [2.75, 3.05) is 6.54 Å². The molecule has 2 saturated carbocycles. The maximum Gasteiger partial charge on any atom is -0.00718 e. The maximum atomic E-state index is 5.68. The molecule has 2 rings (SSSR count). The van der Waals surface area contributed by atoms with Crippen LogP contribution >= 0.6 is 0 Å². The van der Waals surface area contributed by atoms with E-state index in [1.54, 1.807) is 0 Å². The van der Waals surface area contributed by atoms with E-state index in [1.165, 1.54) is 44.9 Å². The van der Waals surface area contributed by atoms with Crippen LogP contribution in [0.3, 0.4) is 0 Å². The van der Waals surface area contributed by atoms with Gasteiger partial charge in [0.25, 0.3) is 0 Å². The summed E-state index contributed by atoms with van der Waals surface area (Å²) < 4.78 is 0. The van der Waals surface area contributed by atoms with E-state index in [0.29, 0.717) is 0 Å². The second kappa shape index (κ2) is 2.73. The van der Waals surface area contributed by atoms with Crippen molar-refractivity contribution in [3.63, 3.8) is 0 Å². The van der Waals surface area contributed by atoms with Gasteiger partial charge in [-0.2, -0.15) is 0 Å². The lowest BCUT2D eigenvalue weighted by molar-refractivity contribution is 0.0212. The van der Waals surface area contributed by atoms with Crippen molar-refractivity contribution in [3.05, 3.63) is 0 Å². The van der Waals surface area contributed by atoms with E-state index >= 15 is 0 Å². The van der Waals surface area contributed by atoms with E-state index in [1.807, 2.05) is 0 Å². The van der Waals surface area contributed by atoms with E-state index in [2.05, 4.69) is 6.92 Å². The van der Waals surface area contributed by atoms with E-state index < -0.39 is 0 Å². The Kier molecular flexibility index (Phi) is 1.95. The fourth-order valence-electron chi connectivity index (χ4n) is 3.34. The Hall–Kier alpha value is -0.0400. The largest absolute Gasteiger partial charge is 0.330 e. The number of hydrogen-bond donors (Lipinski definition) is 1. The molecule has 0 bridgehead atoms. The van der Waals surface area contributed by atoms with Crippen molar-refractivity contribution in [2.24, 2.45) is 16.6 Å². The summed E-state index contributed by atoms with van der Waals surface area (Å²) in [7, 11) is 0. The van der Waals surface area contributed by atoms with Gasteiger partial charge in [-0.25, -0.2) is 0 Å². The van der Waals surface area contributed by atoms with Gasteiger partial charge in [0.15, 0.2) is 0 Å². The molecule has 0 spiro atoms. The van der Waals surface area contributed by atoms with Crippen LogP contribution in [0, 0.1) is 10.8 Å². The molecular formula is C11H21N. The third kappa shape index (κ3) is 0.953. The molecule has 0 radical (unpaired) electrons. The summed E-state index contributed by atoms with van der Waals surface area (Å²) in [5.41, 5.74) is 7.14. The lowest BCUT2D eigenvalue weighted by Gasteiger charge is -2.48. The van der Waals surface area contributed by atoms with Crippen LogP contribution in [0.25, 0.3) is 0 Å².